The number of nitrogens with one attached hydrogen (secondary N) is 1. The molecular formula is C14H16N6. The molecule has 0 radical (unpaired) electrons. The molecule has 0 fully saturated rings. The Labute approximate surface area is 116 Å². The molecule has 0 amide bonds. The van der Waals surface area contributed by atoms with Crippen molar-refractivity contribution in [1.82, 2.24) is 25.1 Å². The second-order valence-corrected chi connectivity index (χ2v) is 4.58. The Hall–Kier alpha value is -2.50. The van der Waals surface area contributed by atoms with Crippen molar-refractivity contribution in [3.8, 4) is 0 Å². The summed E-state index contributed by atoms with van der Waals surface area (Å²) >= 11 is 0. The van der Waals surface area contributed by atoms with E-state index < -0.39 is 0 Å². The van der Waals surface area contributed by atoms with Crippen molar-refractivity contribution in [2.45, 2.75) is 19.9 Å². The largest absolute Gasteiger partial charge is 0.349 e. The molecule has 3 heterocycles. The third-order valence-electron chi connectivity index (χ3n) is 3.47. The van der Waals surface area contributed by atoms with Crippen LogP contribution in [-0.2, 0) is 0 Å². The van der Waals surface area contributed by atoms with E-state index in [1.165, 1.54) is 0 Å². The lowest BCUT2D eigenvalue weighted by molar-refractivity contribution is 0.679. The number of pyridine rings is 1. The van der Waals surface area contributed by atoms with Gasteiger partial charge in [-0.1, -0.05) is 6.07 Å². The van der Waals surface area contributed by atoms with E-state index in [1.807, 2.05) is 12.3 Å². The summed E-state index contributed by atoms with van der Waals surface area (Å²) in [6.07, 6.45) is 7.00. The summed E-state index contributed by atoms with van der Waals surface area (Å²) < 4.78 is 0. The molecule has 0 aliphatic carbocycles. The molecule has 102 valence electrons. The van der Waals surface area contributed by atoms with Gasteiger partial charge < -0.3 is 4.90 Å². The number of hydrogen-bond acceptors (Lipinski definition) is 5. The van der Waals surface area contributed by atoms with Crippen molar-refractivity contribution in [2.75, 3.05) is 11.4 Å². The standard InChI is InChI=1S/C14H16N6/c1-3-20(10(2)11-5-4-6-15-7-11)14-12-8-18-19-13(12)16-9-17-14/h4-10H,3H2,1-2H3,(H,16,17,18,19). The lowest BCUT2D eigenvalue weighted by Crippen LogP contribution is -2.27. The average Bonchev–Trinajstić information content (AvgIpc) is 2.98. The highest BCUT2D eigenvalue weighted by atomic mass is 15.2. The minimum Gasteiger partial charge on any atom is -0.349 e. The van der Waals surface area contributed by atoms with Gasteiger partial charge >= 0.3 is 0 Å². The zero-order chi connectivity index (χ0) is 13.9. The van der Waals surface area contributed by atoms with E-state index in [0.717, 1.165) is 29.0 Å². The van der Waals surface area contributed by atoms with Gasteiger partial charge in [-0.05, 0) is 25.5 Å². The van der Waals surface area contributed by atoms with Gasteiger partial charge in [-0.15, -0.1) is 0 Å². The maximum Gasteiger partial charge on any atom is 0.160 e. The Morgan fingerprint density at radius 1 is 1.30 bits per heavy atom. The van der Waals surface area contributed by atoms with Crippen molar-refractivity contribution < 1.29 is 0 Å². The lowest BCUT2D eigenvalue weighted by Gasteiger charge is -2.29. The first-order valence-electron chi connectivity index (χ1n) is 6.62. The van der Waals surface area contributed by atoms with Crippen LogP contribution in [0, 0.1) is 0 Å². The van der Waals surface area contributed by atoms with Crippen molar-refractivity contribution in [2.24, 2.45) is 0 Å². The third-order valence-corrected chi connectivity index (χ3v) is 3.47. The molecule has 0 aliphatic rings. The molecule has 6 heteroatoms. The molecule has 0 spiro atoms. The molecule has 3 rings (SSSR count). The summed E-state index contributed by atoms with van der Waals surface area (Å²) in [6.45, 7) is 5.10. The van der Waals surface area contributed by atoms with Crippen molar-refractivity contribution in [3.05, 3.63) is 42.6 Å². The summed E-state index contributed by atoms with van der Waals surface area (Å²) in [5.41, 5.74) is 1.91. The van der Waals surface area contributed by atoms with Gasteiger partial charge in [0.25, 0.3) is 0 Å². The summed E-state index contributed by atoms with van der Waals surface area (Å²) in [7, 11) is 0. The molecule has 1 N–H and O–H groups in total. The van der Waals surface area contributed by atoms with Gasteiger partial charge in [0.1, 0.15) is 12.1 Å². The first-order chi connectivity index (χ1) is 9.81. The second-order valence-electron chi connectivity index (χ2n) is 4.58. The van der Waals surface area contributed by atoms with Gasteiger partial charge in [-0.2, -0.15) is 5.10 Å². The Morgan fingerprint density at radius 3 is 2.95 bits per heavy atom. The van der Waals surface area contributed by atoms with Gasteiger partial charge in [-0.25, -0.2) is 9.97 Å². The molecule has 0 aromatic carbocycles. The number of H-pyrrole nitrogens is 1. The summed E-state index contributed by atoms with van der Waals surface area (Å²) in [6, 6.07) is 4.21. The quantitative estimate of drug-likeness (QED) is 0.786. The maximum absolute atomic E-state index is 4.43. The normalized spacial score (nSPS) is 12.5. The van der Waals surface area contributed by atoms with Crippen LogP contribution in [0.5, 0.6) is 0 Å². The predicted molar refractivity (Wildman–Crippen MR) is 77.4 cm³/mol. The minimum atomic E-state index is 0.182. The van der Waals surface area contributed by atoms with Crippen LogP contribution in [0.1, 0.15) is 25.5 Å². The Morgan fingerprint density at radius 2 is 2.20 bits per heavy atom. The van der Waals surface area contributed by atoms with Crippen LogP contribution in [0.3, 0.4) is 0 Å². The van der Waals surface area contributed by atoms with Crippen LogP contribution in [-0.4, -0.2) is 31.7 Å². The van der Waals surface area contributed by atoms with E-state index in [1.54, 1.807) is 18.7 Å². The van der Waals surface area contributed by atoms with Gasteiger partial charge in [0, 0.05) is 18.9 Å². The summed E-state index contributed by atoms with van der Waals surface area (Å²) in [5, 5.41) is 7.86. The van der Waals surface area contributed by atoms with E-state index in [-0.39, 0.29) is 6.04 Å². The van der Waals surface area contributed by atoms with Crippen molar-refractivity contribution in [3.63, 3.8) is 0 Å². The SMILES string of the molecule is CCN(c1ncnc2[nH]ncc12)C(C)c1cccnc1. The van der Waals surface area contributed by atoms with E-state index in [0.29, 0.717) is 0 Å². The molecule has 0 bridgehead atoms. The van der Waals surface area contributed by atoms with Crippen LogP contribution in [0.2, 0.25) is 0 Å². The zero-order valence-corrected chi connectivity index (χ0v) is 11.5. The van der Waals surface area contributed by atoms with E-state index in [4.69, 9.17) is 0 Å². The Kier molecular flexibility index (Phi) is 3.28. The van der Waals surface area contributed by atoms with E-state index in [2.05, 4.69) is 50.0 Å². The Bertz CT molecular complexity index is 693. The number of fused-ring (bicyclic) bond motifs is 1. The average molecular weight is 268 g/mol. The zero-order valence-electron chi connectivity index (χ0n) is 11.5. The highest BCUT2D eigenvalue weighted by molar-refractivity contribution is 5.86. The van der Waals surface area contributed by atoms with Crippen molar-refractivity contribution >= 4 is 16.9 Å². The van der Waals surface area contributed by atoms with Gasteiger partial charge in [0.05, 0.1) is 17.6 Å². The van der Waals surface area contributed by atoms with Crippen LogP contribution in [0.15, 0.2) is 37.1 Å². The van der Waals surface area contributed by atoms with Crippen molar-refractivity contribution in [1.29, 1.82) is 0 Å². The molecule has 0 saturated carbocycles. The van der Waals surface area contributed by atoms with Gasteiger partial charge in [-0.3, -0.25) is 10.1 Å². The lowest BCUT2D eigenvalue weighted by atomic mass is 10.1. The molecule has 0 aliphatic heterocycles. The van der Waals surface area contributed by atoms with Crippen LogP contribution < -0.4 is 4.90 Å². The first-order valence-corrected chi connectivity index (χ1v) is 6.62. The van der Waals surface area contributed by atoms with Crippen LogP contribution in [0.4, 0.5) is 5.82 Å². The smallest absolute Gasteiger partial charge is 0.160 e. The fourth-order valence-corrected chi connectivity index (χ4v) is 2.39. The predicted octanol–water partition coefficient (Wildman–Crippen LogP) is 2.34. The number of nitrogens with zero attached hydrogens (tertiary/aromatic N) is 5. The fraction of sp³-hybridized carbons (Fsp3) is 0.286. The topological polar surface area (TPSA) is 70.6 Å². The molecular weight excluding hydrogens is 252 g/mol. The van der Waals surface area contributed by atoms with E-state index in [9.17, 15) is 0 Å². The number of rotatable bonds is 4. The van der Waals surface area contributed by atoms with Gasteiger partial charge in [0.15, 0.2) is 5.65 Å². The van der Waals surface area contributed by atoms with E-state index >= 15 is 0 Å². The molecule has 6 nitrogen and oxygen atoms in total. The minimum absolute atomic E-state index is 0.182. The summed E-state index contributed by atoms with van der Waals surface area (Å²) in [5.74, 6) is 0.891. The molecule has 3 aromatic heterocycles. The highest BCUT2D eigenvalue weighted by Gasteiger charge is 2.19. The molecule has 1 unspecified atom stereocenters. The molecule has 20 heavy (non-hydrogen) atoms. The maximum atomic E-state index is 4.43. The molecule has 3 aromatic rings. The number of aromatic amines is 1. The molecule has 0 saturated heterocycles. The molecule has 1 atom stereocenters. The number of hydrogen-bond donors (Lipinski definition) is 1. The Balaban J connectivity index is 2.03. The second kappa shape index (κ2) is 5.24. The third kappa shape index (κ3) is 2.09. The highest BCUT2D eigenvalue weighted by Crippen LogP contribution is 2.28. The number of anilines is 1. The summed E-state index contributed by atoms with van der Waals surface area (Å²) in [4.78, 5) is 15.0. The van der Waals surface area contributed by atoms with Gasteiger partial charge in [0.2, 0.25) is 0 Å². The fourth-order valence-electron chi connectivity index (χ4n) is 2.39. The van der Waals surface area contributed by atoms with Crippen LogP contribution >= 0.6 is 0 Å². The number of aromatic nitrogens is 5. The monoisotopic (exact) mass is 268 g/mol. The van der Waals surface area contributed by atoms with Crippen LogP contribution in [0.25, 0.3) is 11.0 Å². The first kappa shape index (κ1) is 12.5.